The molecule has 1 saturated carbocycles. The van der Waals surface area contributed by atoms with Gasteiger partial charge in [-0.25, -0.2) is 0 Å². The van der Waals surface area contributed by atoms with E-state index in [-0.39, 0.29) is 11.4 Å². The highest BCUT2D eigenvalue weighted by molar-refractivity contribution is 5.90. The Hall–Kier alpha value is -1.08. The smallest absolute Gasteiger partial charge is 0.240 e. The lowest BCUT2D eigenvalue weighted by atomic mass is 9.90. The zero-order valence-electron chi connectivity index (χ0n) is 7.47. The summed E-state index contributed by atoms with van der Waals surface area (Å²) in [6, 6.07) is 2.03. The molecule has 0 aromatic rings. The molecule has 70 valence electrons. The van der Waals surface area contributed by atoms with Crippen LogP contribution in [0.5, 0.6) is 0 Å². The third kappa shape index (κ3) is 1.29. The monoisotopic (exact) mass is 179 g/mol. The van der Waals surface area contributed by atoms with Gasteiger partial charge >= 0.3 is 0 Å². The zero-order valence-corrected chi connectivity index (χ0v) is 7.47. The van der Waals surface area contributed by atoms with Crippen LogP contribution >= 0.6 is 0 Å². The third-order valence-corrected chi connectivity index (χ3v) is 3.02. The predicted molar refractivity (Wildman–Crippen MR) is 46.5 cm³/mol. The molecule has 2 fully saturated rings. The molecule has 1 unspecified atom stereocenters. The van der Waals surface area contributed by atoms with E-state index in [4.69, 9.17) is 11.0 Å². The zero-order chi connectivity index (χ0) is 9.53. The lowest BCUT2D eigenvalue weighted by Crippen LogP contribution is -2.46. The largest absolute Gasteiger partial charge is 0.349 e. The predicted octanol–water partition coefficient (Wildman–Crippen LogP) is 0.0402. The molecule has 0 radical (unpaired) electrons. The number of nitriles is 1. The van der Waals surface area contributed by atoms with Gasteiger partial charge in [0, 0.05) is 12.0 Å². The van der Waals surface area contributed by atoms with Crippen LogP contribution in [0.1, 0.15) is 32.1 Å². The van der Waals surface area contributed by atoms with Crippen molar-refractivity contribution in [2.75, 3.05) is 0 Å². The molecule has 2 rings (SSSR count). The van der Waals surface area contributed by atoms with E-state index in [0.29, 0.717) is 19.3 Å². The molecule has 1 atom stereocenters. The summed E-state index contributed by atoms with van der Waals surface area (Å²) in [6.07, 6.45) is 3.64. The maximum Gasteiger partial charge on any atom is 0.240 e. The van der Waals surface area contributed by atoms with Gasteiger partial charge in [0.25, 0.3) is 0 Å². The highest BCUT2D eigenvalue weighted by atomic mass is 16.2. The standard InChI is InChI=1S/C9H13N3O/c10-5-1-2-9(11)6-8(3-4-8)12-7(9)13/h1-4,6,11H2,(H,12,13). The Kier molecular flexibility index (Phi) is 1.61. The molecular weight excluding hydrogens is 166 g/mol. The summed E-state index contributed by atoms with van der Waals surface area (Å²) in [5.41, 5.74) is 5.18. The van der Waals surface area contributed by atoms with Crippen LogP contribution in [0.3, 0.4) is 0 Å². The van der Waals surface area contributed by atoms with Crippen LogP contribution in [-0.2, 0) is 4.79 Å². The van der Waals surface area contributed by atoms with E-state index in [1.165, 1.54) is 0 Å². The van der Waals surface area contributed by atoms with Crippen molar-refractivity contribution in [1.29, 1.82) is 5.26 Å². The maximum absolute atomic E-state index is 11.5. The normalized spacial score (nSPS) is 34.3. The van der Waals surface area contributed by atoms with Crippen molar-refractivity contribution < 1.29 is 4.79 Å². The number of nitrogens with one attached hydrogen (secondary N) is 1. The summed E-state index contributed by atoms with van der Waals surface area (Å²) in [7, 11) is 0. The Morgan fingerprint density at radius 2 is 2.31 bits per heavy atom. The number of nitrogens with two attached hydrogens (primary N) is 1. The first-order chi connectivity index (χ1) is 6.10. The molecule has 0 aromatic heterocycles. The summed E-state index contributed by atoms with van der Waals surface area (Å²) >= 11 is 0. The minimum absolute atomic E-state index is 0.0152. The Morgan fingerprint density at radius 1 is 1.62 bits per heavy atom. The van der Waals surface area contributed by atoms with Crippen LogP contribution < -0.4 is 11.1 Å². The first kappa shape index (κ1) is 8.52. The minimum Gasteiger partial charge on any atom is -0.349 e. The molecule has 1 heterocycles. The van der Waals surface area contributed by atoms with Crippen molar-refractivity contribution >= 4 is 5.91 Å². The van der Waals surface area contributed by atoms with Gasteiger partial charge < -0.3 is 11.1 Å². The number of hydrogen-bond donors (Lipinski definition) is 2. The van der Waals surface area contributed by atoms with Gasteiger partial charge in [0.15, 0.2) is 0 Å². The molecule has 0 bridgehead atoms. The second-order valence-electron chi connectivity index (χ2n) is 4.23. The lowest BCUT2D eigenvalue weighted by Gasteiger charge is -2.18. The van der Waals surface area contributed by atoms with Crippen molar-refractivity contribution in [2.24, 2.45) is 5.73 Å². The first-order valence-electron chi connectivity index (χ1n) is 4.59. The number of rotatable bonds is 2. The van der Waals surface area contributed by atoms with Gasteiger partial charge in [-0.2, -0.15) is 5.26 Å². The Bertz CT molecular complexity index is 290. The van der Waals surface area contributed by atoms with Gasteiger partial charge in [-0.15, -0.1) is 0 Å². The maximum atomic E-state index is 11.5. The van der Waals surface area contributed by atoms with Crippen molar-refractivity contribution in [3.8, 4) is 6.07 Å². The van der Waals surface area contributed by atoms with Gasteiger partial charge in [0.2, 0.25) is 5.91 Å². The van der Waals surface area contributed by atoms with Gasteiger partial charge in [-0.05, 0) is 25.7 Å². The second-order valence-corrected chi connectivity index (χ2v) is 4.23. The van der Waals surface area contributed by atoms with Gasteiger partial charge in [-0.1, -0.05) is 0 Å². The number of carbonyl (C=O) groups excluding carboxylic acids is 1. The van der Waals surface area contributed by atoms with Crippen LogP contribution in [0.4, 0.5) is 0 Å². The fourth-order valence-electron chi connectivity index (χ4n) is 2.03. The van der Waals surface area contributed by atoms with Crippen molar-refractivity contribution in [1.82, 2.24) is 5.32 Å². The minimum atomic E-state index is -0.772. The lowest BCUT2D eigenvalue weighted by molar-refractivity contribution is -0.123. The van der Waals surface area contributed by atoms with Crippen LogP contribution in [-0.4, -0.2) is 17.0 Å². The highest BCUT2D eigenvalue weighted by Crippen LogP contribution is 2.46. The van der Waals surface area contributed by atoms with Crippen molar-refractivity contribution in [3.05, 3.63) is 0 Å². The summed E-state index contributed by atoms with van der Waals surface area (Å²) in [5, 5.41) is 11.4. The average Bonchev–Trinajstić information content (AvgIpc) is 2.75. The summed E-state index contributed by atoms with van der Waals surface area (Å²) in [6.45, 7) is 0. The second kappa shape index (κ2) is 2.46. The van der Waals surface area contributed by atoms with Crippen molar-refractivity contribution in [3.63, 3.8) is 0 Å². The molecule has 1 saturated heterocycles. The number of nitrogens with zero attached hydrogens (tertiary/aromatic N) is 1. The summed E-state index contributed by atoms with van der Waals surface area (Å²) in [5.74, 6) is -0.0692. The van der Waals surface area contributed by atoms with Crippen LogP contribution in [0, 0.1) is 11.3 Å². The van der Waals surface area contributed by atoms with E-state index in [1.54, 1.807) is 0 Å². The van der Waals surface area contributed by atoms with Crippen LogP contribution in [0.25, 0.3) is 0 Å². The number of amides is 1. The molecule has 4 heteroatoms. The first-order valence-corrected chi connectivity index (χ1v) is 4.59. The molecule has 4 nitrogen and oxygen atoms in total. The van der Waals surface area contributed by atoms with E-state index in [0.717, 1.165) is 12.8 Å². The van der Waals surface area contributed by atoms with Crippen LogP contribution in [0.2, 0.25) is 0 Å². The molecule has 1 aliphatic carbocycles. The van der Waals surface area contributed by atoms with Gasteiger partial charge in [0.1, 0.15) is 0 Å². The highest BCUT2D eigenvalue weighted by Gasteiger charge is 2.57. The average molecular weight is 179 g/mol. The Balaban J connectivity index is 2.06. The van der Waals surface area contributed by atoms with Gasteiger partial charge in [-0.3, -0.25) is 4.79 Å². The molecule has 3 N–H and O–H groups in total. The number of hydrogen-bond acceptors (Lipinski definition) is 3. The van der Waals surface area contributed by atoms with Crippen molar-refractivity contribution in [2.45, 2.75) is 43.2 Å². The van der Waals surface area contributed by atoms with Gasteiger partial charge in [0.05, 0.1) is 11.6 Å². The molecule has 2 aliphatic rings. The van der Waals surface area contributed by atoms with E-state index >= 15 is 0 Å². The van der Waals surface area contributed by atoms with Crippen LogP contribution in [0.15, 0.2) is 0 Å². The molecule has 1 aliphatic heterocycles. The third-order valence-electron chi connectivity index (χ3n) is 3.02. The van der Waals surface area contributed by atoms with E-state index in [1.807, 2.05) is 6.07 Å². The number of carbonyl (C=O) groups is 1. The molecule has 1 amide bonds. The molecule has 13 heavy (non-hydrogen) atoms. The molecule has 1 spiro atoms. The van der Waals surface area contributed by atoms with E-state index in [2.05, 4.69) is 5.32 Å². The summed E-state index contributed by atoms with van der Waals surface area (Å²) < 4.78 is 0. The Morgan fingerprint density at radius 3 is 2.77 bits per heavy atom. The topological polar surface area (TPSA) is 78.9 Å². The molecule has 0 aromatic carbocycles. The quantitative estimate of drug-likeness (QED) is 0.628. The fourth-order valence-corrected chi connectivity index (χ4v) is 2.03. The Labute approximate surface area is 77.1 Å². The van der Waals surface area contributed by atoms with E-state index < -0.39 is 5.54 Å². The fraction of sp³-hybridized carbons (Fsp3) is 0.778. The summed E-state index contributed by atoms with van der Waals surface area (Å²) in [4.78, 5) is 11.5. The molecular formula is C9H13N3O. The SMILES string of the molecule is N#CCCC1(N)CC2(CC2)NC1=O. The van der Waals surface area contributed by atoms with E-state index in [9.17, 15) is 4.79 Å².